The number of unbranched alkanes of at least 4 members (excludes halogenated alkanes) is 9. The van der Waals surface area contributed by atoms with Crippen LogP contribution in [0.15, 0.2) is 99.6 Å². The maximum Gasteiger partial charge on any atom is 0.517 e. The largest absolute Gasteiger partial charge is 0.517 e. The van der Waals surface area contributed by atoms with Crippen LogP contribution in [-0.4, -0.2) is 17.9 Å². The third-order valence-electron chi connectivity index (χ3n) is 6.27. The fourth-order valence-electron chi connectivity index (χ4n) is 4.39. The van der Waals surface area contributed by atoms with Crippen molar-refractivity contribution >= 4 is 16.5 Å². The minimum Gasteiger partial charge on any atom is -0.494 e. The third kappa shape index (κ3) is 8.06. The second-order valence-electron chi connectivity index (χ2n) is 9.03. The number of ether oxygens (including phenoxy) is 1. The minimum absolute atomic E-state index is 0.691. The van der Waals surface area contributed by atoms with Gasteiger partial charge in [-0.05, 0) is 65.3 Å². The van der Waals surface area contributed by atoms with Gasteiger partial charge in [0.2, 0.25) is 0 Å². The molecule has 0 atom stereocenters. The van der Waals surface area contributed by atoms with Crippen LogP contribution in [0.3, 0.4) is 0 Å². The fraction of sp³-hybridized carbons (Fsp3) is 0.387. The van der Waals surface area contributed by atoms with Crippen molar-refractivity contribution in [3.8, 4) is 5.75 Å². The van der Waals surface area contributed by atoms with E-state index < -0.39 is 16.5 Å². The molecule has 0 bridgehead atoms. The maximum absolute atomic E-state index is 11.9. The van der Waals surface area contributed by atoms with Crippen LogP contribution < -0.4 is 4.74 Å². The van der Waals surface area contributed by atoms with Crippen LogP contribution in [-0.2, 0) is 4.18 Å². The van der Waals surface area contributed by atoms with E-state index in [4.69, 9.17) is 8.92 Å². The van der Waals surface area contributed by atoms with Gasteiger partial charge >= 0.3 is 6.16 Å². The molecule has 36 heavy (non-hydrogen) atoms. The first kappa shape index (κ1) is 27.7. The standard InChI is InChI=1S/C31H40O4S/c1-2-3-4-5-6-7-8-9-10-17-26-34-27-22-24-30(25-23-27)36(35-31(32)33,28-18-13-11-14-19-28)29-20-15-12-16-21-29/h11-16,18-25H,2-10,17,26H2,1H3,(H,32,33). The Kier molecular flexibility index (Phi) is 11.7. The molecule has 4 nitrogen and oxygen atoms in total. The van der Waals surface area contributed by atoms with Crippen molar-refractivity contribution in [2.24, 2.45) is 0 Å². The van der Waals surface area contributed by atoms with Crippen LogP contribution in [0.2, 0.25) is 0 Å². The third-order valence-corrected chi connectivity index (χ3v) is 9.47. The number of benzene rings is 3. The molecule has 1 N–H and O–H groups in total. The maximum atomic E-state index is 11.9. The van der Waals surface area contributed by atoms with Gasteiger partial charge in [-0.15, -0.1) is 0 Å². The number of carbonyl (C=O) groups is 1. The highest BCUT2D eigenvalue weighted by Gasteiger charge is 2.35. The Morgan fingerprint density at radius 1 is 0.639 bits per heavy atom. The molecule has 0 spiro atoms. The molecule has 3 rings (SSSR count). The highest BCUT2D eigenvalue weighted by Crippen LogP contribution is 2.69. The van der Waals surface area contributed by atoms with Crippen molar-refractivity contribution in [1.29, 1.82) is 0 Å². The van der Waals surface area contributed by atoms with E-state index in [0.29, 0.717) is 6.61 Å². The lowest BCUT2D eigenvalue weighted by Gasteiger charge is -2.38. The Morgan fingerprint density at radius 2 is 1.08 bits per heavy atom. The van der Waals surface area contributed by atoms with E-state index in [1.165, 1.54) is 57.8 Å². The molecule has 0 aliphatic rings. The monoisotopic (exact) mass is 508 g/mol. The lowest BCUT2D eigenvalue weighted by Crippen LogP contribution is -2.12. The van der Waals surface area contributed by atoms with E-state index in [9.17, 15) is 9.90 Å². The summed E-state index contributed by atoms with van der Waals surface area (Å²) in [6.45, 7) is 2.95. The van der Waals surface area contributed by atoms with Crippen LogP contribution in [0, 0.1) is 0 Å². The second-order valence-corrected chi connectivity index (χ2v) is 11.7. The number of hydrogen-bond donors (Lipinski definition) is 1. The summed E-state index contributed by atoms with van der Waals surface area (Å²) in [5.74, 6) is 0.791. The van der Waals surface area contributed by atoms with Crippen LogP contribution in [0.5, 0.6) is 5.75 Å². The zero-order valence-electron chi connectivity index (χ0n) is 21.4. The molecule has 0 aliphatic carbocycles. The van der Waals surface area contributed by atoms with Gasteiger partial charge in [0.15, 0.2) is 0 Å². The van der Waals surface area contributed by atoms with Crippen molar-refractivity contribution in [3.05, 3.63) is 84.9 Å². The van der Waals surface area contributed by atoms with Gasteiger partial charge in [-0.1, -0.05) is 101 Å². The van der Waals surface area contributed by atoms with Gasteiger partial charge in [0, 0.05) is 14.7 Å². The van der Waals surface area contributed by atoms with Gasteiger partial charge in [-0.2, -0.15) is 0 Å². The van der Waals surface area contributed by atoms with Gasteiger partial charge in [-0.3, -0.25) is 0 Å². The molecular formula is C31H40O4S. The first-order valence-corrected chi connectivity index (χ1v) is 14.8. The molecule has 0 saturated carbocycles. The van der Waals surface area contributed by atoms with E-state index in [1.54, 1.807) is 0 Å². The predicted octanol–water partition coefficient (Wildman–Crippen LogP) is 9.88. The first-order chi connectivity index (χ1) is 17.7. The van der Waals surface area contributed by atoms with Gasteiger partial charge in [0.1, 0.15) is 5.75 Å². The molecule has 0 heterocycles. The van der Waals surface area contributed by atoms with Crippen LogP contribution in [0.4, 0.5) is 4.79 Å². The number of hydrogen-bond acceptors (Lipinski definition) is 3. The van der Waals surface area contributed by atoms with Crippen LogP contribution in [0.1, 0.15) is 71.1 Å². The summed E-state index contributed by atoms with van der Waals surface area (Å²) in [6, 6.07) is 26.9. The molecule has 5 heteroatoms. The van der Waals surface area contributed by atoms with Crippen LogP contribution >= 0.6 is 10.3 Å². The Morgan fingerprint density at radius 3 is 1.56 bits per heavy atom. The minimum atomic E-state index is -2.45. The Balaban J connectivity index is 1.61. The van der Waals surface area contributed by atoms with Gasteiger partial charge in [0.05, 0.1) is 6.61 Å². The van der Waals surface area contributed by atoms with Gasteiger partial charge in [-0.25, -0.2) is 4.79 Å². The van der Waals surface area contributed by atoms with Crippen molar-refractivity contribution < 1.29 is 18.8 Å². The molecule has 0 fully saturated rings. The quantitative estimate of drug-likeness (QED) is 0.196. The predicted molar refractivity (Wildman–Crippen MR) is 148 cm³/mol. The molecule has 3 aromatic rings. The Labute approximate surface area is 218 Å². The summed E-state index contributed by atoms with van der Waals surface area (Å²) in [5.41, 5.74) is 0. The van der Waals surface area contributed by atoms with Crippen LogP contribution in [0.25, 0.3) is 0 Å². The Bertz CT molecular complexity index is 966. The van der Waals surface area contributed by atoms with E-state index in [0.717, 1.165) is 26.9 Å². The smallest absolute Gasteiger partial charge is 0.494 e. The molecule has 0 unspecified atom stereocenters. The summed E-state index contributed by atoms with van der Waals surface area (Å²) in [7, 11) is -2.45. The van der Waals surface area contributed by atoms with E-state index in [1.807, 2.05) is 84.9 Å². The molecule has 0 saturated heterocycles. The summed E-state index contributed by atoms with van der Waals surface area (Å²) in [6.07, 6.45) is 11.7. The average Bonchev–Trinajstić information content (AvgIpc) is 2.91. The first-order valence-electron chi connectivity index (χ1n) is 13.3. The SMILES string of the molecule is CCCCCCCCCCCCOc1ccc(S(OC(=O)O)(c2ccccc2)c2ccccc2)cc1. The van der Waals surface area contributed by atoms with Gasteiger partial charge in [0.25, 0.3) is 0 Å². The zero-order valence-corrected chi connectivity index (χ0v) is 22.3. The van der Waals surface area contributed by atoms with E-state index >= 15 is 0 Å². The molecule has 3 aromatic carbocycles. The van der Waals surface area contributed by atoms with E-state index in [-0.39, 0.29) is 0 Å². The number of carboxylic acid groups (broad SMARTS) is 1. The molecule has 0 radical (unpaired) electrons. The topological polar surface area (TPSA) is 55.8 Å². The van der Waals surface area contributed by atoms with Crippen molar-refractivity contribution in [1.82, 2.24) is 0 Å². The highest BCUT2D eigenvalue weighted by molar-refractivity contribution is 8.30. The zero-order chi connectivity index (χ0) is 25.5. The van der Waals surface area contributed by atoms with E-state index in [2.05, 4.69) is 6.92 Å². The van der Waals surface area contributed by atoms with Crippen molar-refractivity contribution in [2.45, 2.75) is 85.8 Å². The molecular weight excluding hydrogens is 468 g/mol. The second kappa shape index (κ2) is 15.2. The number of rotatable bonds is 16. The fourth-order valence-corrected chi connectivity index (χ4v) is 7.31. The molecule has 0 aromatic heterocycles. The Hall–Kier alpha value is -2.92. The summed E-state index contributed by atoms with van der Waals surface area (Å²) in [4.78, 5) is 14.4. The normalized spacial score (nSPS) is 11.7. The highest BCUT2D eigenvalue weighted by atomic mass is 32.3. The molecule has 194 valence electrons. The average molecular weight is 509 g/mol. The summed E-state index contributed by atoms with van der Waals surface area (Å²) >= 11 is 0. The summed E-state index contributed by atoms with van der Waals surface area (Å²) in [5, 5.41) is 9.73. The van der Waals surface area contributed by atoms with Gasteiger partial charge < -0.3 is 14.0 Å². The molecule has 0 amide bonds. The van der Waals surface area contributed by atoms with Crippen molar-refractivity contribution in [3.63, 3.8) is 0 Å². The lowest BCUT2D eigenvalue weighted by molar-refractivity contribution is 0.150. The van der Waals surface area contributed by atoms with Crippen molar-refractivity contribution in [2.75, 3.05) is 6.61 Å². The summed E-state index contributed by atoms with van der Waals surface area (Å²) < 4.78 is 11.8. The molecule has 0 aliphatic heterocycles. The lowest BCUT2D eigenvalue weighted by atomic mass is 10.1.